The van der Waals surface area contributed by atoms with Gasteiger partial charge in [-0.2, -0.15) is 13.2 Å². The summed E-state index contributed by atoms with van der Waals surface area (Å²) < 4.78 is 31.7. The number of carboxylic acid groups (broad SMARTS) is 2. The smallest absolute Gasteiger partial charge is 0.491 e. The van der Waals surface area contributed by atoms with Gasteiger partial charge in [-0.3, -0.25) is 4.79 Å². The van der Waals surface area contributed by atoms with E-state index in [1.54, 1.807) is 0 Å². The van der Waals surface area contributed by atoms with Crippen LogP contribution in [0.2, 0.25) is 0 Å². The van der Waals surface area contributed by atoms with Gasteiger partial charge in [0.1, 0.15) is 0 Å². The van der Waals surface area contributed by atoms with Gasteiger partial charge in [0.2, 0.25) is 0 Å². The Balaban J connectivity index is 0.000000626. The summed E-state index contributed by atoms with van der Waals surface area (Å²) in [6.45, 7) is 23.5. The summed E-state index contributed by atoms with van der Waals surface area (Å²) >= 11 is 0. The van der Waals surface area contributed by atoms with Crippen LogP contribution in [-0.2, 0) is 30.0 Å². The van der Waals surface area contributed by atoms with E-state index in [4.69, 9.17) is 19.8 Å². The van der Waals surface area contributed by atoms with E-state index in [0.717, 1.165) is 49.6 Å². The second kappa shape index (κ2) is 20.1. The molecule has 0 aromatic heterocycles. The van der Waals surface area contributed by atoms with Gasteiger partial charge in [0.15, 0.2) is 0 Å². The second-order valence-electron chi connectivity index (χ2n) is 12.3. The maximum Gasteiger partial charge on any atom is 2.00 e. The number of aliphatic carboxylic acids is 2. The molecule has 0 aromatic carbocycles. The average molecular weight is 725 g/mol. The molecule has 2 heterocycles. The first-order valence-electron chi connectivity index (χ1n) is 15.4. The third-order valence-electron chi connectivity index (χ3n) is 8.25. The standard InChI is InChI=1S/C14H26N3.C12H22N3.C2HF3O2.C2H4O2.Pd/c1-5-16-9-15-17(10-16)14-8-12(4)6-7-13(14)11(2)3;1-4-14-8-13-15(9-14)12-7-10(2)5-6-11(12)3;3-2(4,5)1(6)7;1-2(3)4;/h9-14H,5-8H2,1-4H3;8-12H,4-7H2,1-3H3;(H,6,7);1H3,(H,3,4);/q2*-1;;;+2/t12-,13+,14+;10-,11-,12+;;;/m00.../s1. The van der Waals surface area contributed by atoms with E-state index in [1.165, 1.54) is 38.5 Å². The van der Waals surface area contributed by atoms with Crippen LogP contribution in [-0.4, -0.2) is 86.0 Å². The van der Waals surface area contributed by atoms with E-state index in [-0.39, 0.29) is 20.4 Å². The van der Waals surface area contributed by atoms with Crippen molar-refractivity contribution in [3.05, 3.63) is 13.3 Å². The Bertz CT molecular complexity index is 906. The number of hydrazone groups is 2. The maximum atomic E-state index is 10.6. The van der Waals surface area contributed by atoms with Crippen molar-refractivity contribution in [1.29, 1.82) is 0 Å². The molecule has 2 aliphatic heterocycles. The van der Waals surface area contributed by atoms with Crippen molar-refractivity contribution in [1.82, 2.24) is 19.8 Å². The van der Waals surface area contributed by atoms with Crippen LogP contribution in [0.1, 0.15) is 93.9 Å². The van der Waals surface area contributed by atoms with Crippen LogP contribution in [0.3, 0.4) is 0 Å². The summed E-state index contributed by atoms with van der Waals surface area (Å²) in [5.74, 6) is 0.418. The molecular weight excluding hydrogens is 672 g/mol. The van der Waals surface area contributed by atoms with Crippen LogP contribution < -0.4 is 0 Å². The third kappa shape index (κ3) is 14.8. The molecule has 0 amide bonds. The molecule has 4 aliphatic rings. The molecule has 44 heavy (non-hydrogen) atoms. The summed E-state index contributed by atoms with van der Waals surface area (Å²) in [6.07, 6.45) is 6.85. The first kappa shape index (κ1) is 41.9. The van der Waals surface area contributed by atoms with Crippen molar-refractivity contribution in [2.75, 3.05) is 13.1 Å². The molecule has 0 unspecified atom stereocenters. The van der Waals surface area contributed by atoms with Gasteiger partial charge in [-0.15, -0.1) is 13.3 Å². The van der Waals surface area contributed by atoms with E-state index in [1.807, 2.05) is 12.7 Å². The largest absolute Gasteiger partial charge is 2.00 e. The Morgan fingerprint density at radius 1 is 0.864 bits per heavy atom. The van der Waals surface area contributed by atoms with Crippen molar-refractivity contribution in [2.24, 2.45) is 39.8 Å². The van der Waals surface area contributed by atoms with Crippen molar-refractivity contribution in [3.8, 4) is 0 Å². The molecule has 0 aromatic rings. The first-order valence-corrected chi connectivity index (χ1v) is 15.4. The molecule has 4 rings (SSSR count). The fraction of sp³-hybridized carbons (Fsp3) is 0.800. The third-order valence-corrected chi connectivity index (χ3v) is 8.25. The van der Waals surface area contributed by atoms with Crippen molar-refractivity contribution in [3.63, 3.8) is 0 Å². The molecule has 0 saturated heterocycles. The van der Waals surface area contributed by atoms with Crippen LogP contribution in [0, 0.1) is 42.9 Å². The molecular formula is C30H53F3N6O4Pd. The number of alkyl halides is 3. The van der Waals surface area contributed by atoms with Gasteiger partial charge in [0.25, 0.3) is 5.97 Å². The SMILES string of the molecule is CC(=O)O.CCN1C=NN([C@@H]2C[C@@H](C)CC[C@@H]2C(C)C)[CH-]1.CCN1C=NN([C@@H]2C[C@@H](C)CC[C@@H]2C)[CH-]1.O=C(O)C(F)(F)F.[Pd+2]. The quantitative estimate of drug-likeness (QED) is 0.248. The van der Waals surface area contributed by atoms with Crippen molar-refractivity contribution >= 4 is 24.6 Å². The monoisotopic (exact) mass is 724 g/mol. The van der Waals surface area contributed by atoms with Crippen LogP contribution in [0.15, 0.2) is 10.2 Å². The number of halogens is 3. The van der Waals surface area contributed by atoms with Crippen LogP contribution >= 0.6 is 0 Å². The topological polar surface area (TPSA) is 112 Å². The number of hydrogen-bond donors (Lipinski definition) is 2. The number of nitrogens with zero attached hydrogens (tertiary/aromatic N) is 6. The molecule has 0 radical (unpaired) electrons. The van der Waals surface area contributed by atoms with Gasteiger partial charge < -0.3 is 30.0 Å². The van der Waals surface area contributed by atoms with Gasteiger partial charge in [0, 0.05) is 19.0 Å². The van der Waals surface area contributed by atoms with E-state index < -0.39 is 18.1 Å². The minimum atomic E-state index is -5.08. The zero-order valence-electron chi connectivity index (χ0n) is 27.4. The predicted octanol–water partition coefficient (Wildman–Crippen LogP) is 6.38. The zero-order chi connectivity index (χ0) is 32.9. The fourth-order valence-electron chi connectivity index (χ4n) is 5.67. The van der Waals surface area contributed by atoms with Gasteiger partial charge >= 0.3 is 32.6 Å². The van der Waals surface area contributed by atoms with Gasteiger partial charge in [-0.1, -0.05) is 47.5 Å². The molecule has 10 nitrogen and oxygen atoms in total. The molecule has 6 atom stereocenters. The Labute approximate surface area is 275 Å². The summed E-state index contributed by atoms with van der Waals surface area (Å²) in [6, 6.07) is 1.22. The number of carbonyl (C=O) groups is 2. The maximum absolute atomic E-state index is 10.6. The molecule has 258 valence electrons. The molecule has 0 spiro atoms. The number of hydrogen-bond acceptors (Lipinski definition) is 8. The predicted molar refractivity (Wildman–Crippen MR) is 162 cm³/mol. The van der Waals surface area contributed by atoms with Crippen LogP contribution in [0.5, 0.6) is 0 Å². The number of rotatable bonds is 5. The number of carboxylic acids is 2. The van der Waals surface area contributed by atoms with Crippen molar-refractivity contribution in [2.45, 2.75) is 112 Å². The first-order chi connectivity index (χ1) is 20.0. The molecule has 2 saturated carbocycles. The Morgan fingerprint density at radius 3 is 1.61 bits per heavy atom. The van der Waals surface area contributed by atoms with E-state index in [0.29, 0.717) is 12.1 Å². The van der Waals surface area contributed by atoms with E-state index >= 15 is 0 Å². The van der Waals surface area contributed by atoms with Crippen molar-refractivity contribution < 1.29 is 53.4 Å². The summed E-state index contributed by atoms with van der Waals surface area (Å²) in [5.41, 5.74) is 0. The molecule has 14 heteroatoms. The Hall–Kier alpha value is -2.07. The van der Waals surface area contributed by atoms with Crippen LogP contribution in [0.25, 0.3) is 0 Å². The molecule has 2 N–H and O–H groups in total. The average Bonchev–Trinajstić information content (AvgIpc) is 3.60. The van der Waals surface area contributed by atoms with E-state index in [9.17, 15) is 13.2 Å². The minimum absolute atomic E-state index is 0. The Kier molecular flexibility index (Phi) is 19.2. The minimum Gasteiger partial charge on any atom is -0.491 e. The zero-order valence-corrected chi connectivity index (χ0v) is 28.9. The van der Waals surface area contributed by atoms with Gasteiger partial charge in [-0.25, -0.2) is 15.0 Å². The second-order valence-corrected chi connectivity index (χ2v) is 12.3. The normalized spacial score (nSPS) is 27.8. The van der Waals surface area contributed by atoms with E-state index in [2.05, 4.69) is 91.8 Å². The fourth-order valence-corrected chi connectivity index (χ4v) is 5.67. The molecule has 2 fully saturated rings. The molecule has 2 aliphatic carbocycles. The Morgan fingerprint density at radius 2 is 1.25 bits per heavy atom. The van der Waals surface area contributed by atoms with Crippen LogP contribution in [0.4, 0.5) is 13.2 Å². The van der Waals surface area contributed by atoms with Gasteiger partial charge in [0.05, 0.1) is 12.7 Å². The summed E-state index contributed by atoms with van der Waals surface area (Å²) in [7, 11) is 0. The molecule has 0 bridgehead atoms. The summed E-state index contributed by atoms with van der Waals surface area (Å²) in [5, 5.41) is 28.0. The summed E-state index contributed by atoms with van der Waals surface area (Å²) in [4.78, 5) is 22.2. The van der Waals surface area contributed by atoms with Gasteiger partial charge in [-0.05, 0) is 82.2 Å².